The summed E-state index contributed by atoms with van der Waals surface area (Å²) in [4.78, 5) is 30.3. The van der Waals surface area contributed by atoms with Crippen molar-refractivity contribution in [2.45, 2.75) is 13.1 Å². The van der Waals surface area contributed by atoms with Crippen LogP contribution in [0.4, 0.5) is 20.6 Å². The summed E-state index contributed by atoms with van der Waals surface area (Å²) in [6, 6.07) is 19.4. The highest BCUT2D eigenvalue weighted by Crippen LogP contribution is 2.27. The molecule has 1 aromatic heterocycles. The van der Waals surface area contributed by atoms with Gasteiger partial charge in [-0.1, -0.05) is 54.1 Å². The molecule has 0 unspecified atom stereocenters. The summed E-state index contributed by atoms with van der Waals surface area (Å²) in [6.07, 6.45) is 1.62. The quantitative estimate of drug-likeness (QED) is 0.369. The largest absolute Gasteiger partial charge is 0.367 e. The van der Waals surface area contributed by atoms with Crippen LogP contribution >= 0.6 is 11.6 Å². The minimum absolute atomic E-state index is 0.0729. The van der Waals surface area contributed by atoms with Gasteiger partial charge in [-0.05, 0) is 42.4 Å². The number of nitrogens with one attached hydrogen (secondary N) is 2. The number of aromatic nitrogens is 1. The molecule has 0 atom stereocenters. The number of pyridine rings is 1. The summed E-state index contributed by atoms with van der Waals surface area (Å²) in [6.45, 7) is 3.76. The van der Waals surface area contributed by atoms with Crippen LogP contribution in [0.3, 0.4) is 0 Å². The van der Waals surface area contributed by atoms with E-state index in [0.29, 0.717) is 42.4 Å². The lowest BCUT2D eigenvalue weighted by molar-refractivity contribution is 0.251. The number of rotatable bonds is 6. The Bertz CT molecular complexity index is 1500. The number of carbonyl (C=O) groups excluding carboxylic acids is 1. The van der Waals surface area contributed by atoms with Gasteiger partial charge in [-0.3, -0.25) is 4.79 Å². The van der Waals surface area contributed by atoms with Crippen molar-refractivity contribution in [2.75, 3.05) is 43.4 Å². The minimum Gasteiger partial charge on any atom is -0.367 e. The van der Waals surface area contributed by atoms with Crippen molar-refractivity contribution in [3.8, 4) is 0 Å². The summed E-state index contributed by atoms with van der Waals surface area (Å²) in [5.74, 6) is -0.456. The molecule has 1 aliphatic heterocycles. The average Bonchev–Trinajstić information content (AvgIpc) is 2.92. The summed E-state index contributed by atoms with van der Waals surface area (Å²) in [5, 5.41) is 6.26. The van der Waals surface area contributed by atoms with Gasteiger partial charge in [0.05, 0.1) is 16.6 Å². The standard InChI is InChI=1S/C29H29ClFN5O2/c1-34-11-13-35(14-12-34)27-16-26-23(15-24(27)31)28(37)25(19-36(26)18-21-7-9-22(30)10-8-21)33-29(38)32-17-20-5-3-2-4-6-20/h2-10,15-16,19H,11-14,17-18H2,1H3,(H2,32,33,38). The maximum atomic E-state index is 15.4. The van der Waals surface area contributed by atoms with Crippen molar-refractivity contribution < 1.29 is 9.18 Å². The van der Waals surface area contributed by atoms with Gasteiger partial charge in [-0.25, -0.2) is 9.18 Å². The number of hydrogen-bond acceptors (Lipinski definition) is 4. The predicted octanol–water partition coefficient (Wildman–Crippen LogP) is 4.92. The lowest BCUT2D eigenvalue weighted by Gasteiger charge is -2.34. The number of anilines is 2. The fourth-order valence-electron chi connectivity index (χ4n) is 4.64. The molecule has 5 rings (SSSR count). The van der Waals surface area contributed by atoms with Gasteiger partial charge in [0.1, 0.15) is 11.5 Å². The zero-order chi connectivity index (χ0) is 26.6. The Morgan fingerprint density at radius 3 is 2.39 bits per heavy atom. The van der Waals surface area contributed by atoms with E-state index >= 15 is 4.39 Å². The first-order valence-corrected chi connectivity index (χ1v) is 12.9. The SMILES string of the molecule is CN1CCN(c2cc3c(cc2F)c(=O)c(NC(=O)NCc2ccccc2)cn3Cc2ccc(Cl)cc2)CC1. The topological polar surface area (TPSA) is 69.6 Å². The number of nitrogens with zero attached hydrogens (tertiary/aromatic N) is 3. The van der Waals surface area contributed by atoms with Crippen LogP contribution in [0.25, 0.3) is 10.9 Å². The van der Waals surface area contributed by atoms with Gasteiger partial charge >= 0.3 is 6.03 Å². The Hall–Kier alpha value is -3.88. The molecule has 0 radical (unpaired) electrons. The van der Waals surface area contributed by atoms with Crippen molar-refractivity contribution in [3.05, 3.63) is 105 Å². The lowest BCUT2D eigenvalue weighted by Crippen LogP contribution is -2.44. The normalized spacial score (nSPS) is 14.0. The second-order valence-corrected chi connectivity index (χ2v) is 9.97. The summed E-state index contributed by atoms with van der Waals surface area (Å²) in [5.41, 5.74) is 2.57. The fourth-order valence-corrected chi connectivity index (χ4v) is 4.77. The van der Waals surface area contributed by atoms with E-state index in [-0.39, 0.29) is 11.1 Å². The van der Waals surface area contributed by atoms with Gasteiger partial charge in [0.15, 0.2) is 0 Å². The van der Waals surface area contributed by atoms with E-state index in [9.17, 15) is 9.59 Å². The molecule has 196 valence electrons. The molecule has 0 spiro atoms. The fraction of sp³-hybridized carbons (Fsp3) is 0.241. The second-order valence-electron chi connectivity index (χ2n) is 9.53. The van der Waals surface area contributed by atoms with E-state index in [4.69, 9.17) is 11.6 Å². The Morgan fingerprint density at radius 2 is 1.68 bits per heavy atom. The number of hydrogen-bond donors (Lipinski definition) is 2. The number of carbonyl (C=O) groups is 1. The van der Waals surface area contributed by atoms with E-state index < -0.39 is 17.3 Å². The van der Waals surface area contributed by atoms with Crippen molar-refractivity contribution in [3.63, 3.8) is 0 Å². The molecule has 2 N–H and O–H groups in total. The third-order valence-electron chi connectivity index (χ3n) is 6.80. The van der Waals surface area contributed by atoms with Crippen LogP contribution in [0.15, 0.2) is 77.7 Å². The van der Waals surface area contributed by atoms with E-state index in [0.717, 1.165) is 24.2 Å². The van der Waals surface area contributed by atoms with Crippen molar-refractivity contribution in [1.29, 1.82) is 0 Å². The highest BCUT2D eigenvalue weighted by molar-refractivity contribution is 6.30. The zero-order valence-corrected chi connectivity index (χ0v) is 21.8. The molecule has 9 heteroatoms. The van der Waals surface area contributed by atoms with Gasteiger partial charge in [0, 0.05) is 50.5 Å². The molecule has 4 aromatic rings. The first kappa shape index (κ1) is 25.8. The van der Waals surface area contributed by atoms with E-state index in [1.807, 2.05) is 59.0 Å². The Kier molecular flexibility index (Phi) is 7.62. The molecule has 1 aliphatic rings. The van der Waals surface area contributed by atoms with Crippen molar-refractivity contribution in [1.82, 2.24) is 14.8 Å². The van der Waals surface area contributed by atoms with Crippen LogP contribution in [-0.2, 0) is 13.1 Å². The highest BCUT2D eigenvalue weighted by atomic mass is 35.5. The Morgan fingerprint density at radius 1 is 0.974 bits per heavy atom. The molecular formula is C29H29ClFN5O2. The summed E-state index contributed by atoms with van der Waals surface area (Å²) < 4.78 is 17.2. The molecule has 1 saturated heterocycles. The molecule has 38 heavy (non-hydrogen) atoms. The lowest BCUT2D eigenvalue weighted by atomic mass is 10.1. The van der Waals surface area contributed by atoms with Crippen LogP contribution in [0.2, 0.25) is 5.02 Å². The van der Waals surface area contributed by atoms with Gasteiger partial charge < -0.3 is 25.0 Å². The molecule has 1 fully saturated rings. The van der Waals surface area contributed by atoms with Gasteiger partial charge in [0.25, 0.3) is 0 Å². The first-order chi connectivity index (χ1) is 18.4. The highest BCUT2D eigenvalue weighted by Gasteiger charge is 2.21. The van der Waals surface area contributed by atoms with Crippen LogP contribution in [0.1, 0.15) is 11.1 Å². The second kappa shape index (κ2) is 11.2. The summed E-state index contributed by atoms with van der Waals surface area (Å²) >= 11 is 6.07. The predicted molar refractivity (Wildman–Crippen MR) is 151 cm³/mol. The van der Waals surface area contributed by atoms with E-state index in [2.05, 4.69) is 15.5 Å². The minimum atomic E-state index is -0.516. The maximum Gasteiger partial charge on any atom is 0.319 e. The summed E-state index contributed by atoms with van der Waals surface area (Å²) in [7, 11) is 2.04. The smallest absolute Gasteiger partial charge is 0.319 e. The molecule has 2 amide bonds. The van der Waals surface area contributed by atoms with E-state index in [1.165, 1.54) is 6.07 Å². The van der Waals surface area contributed by atoms with Gasteiger partial charge in [0.2, 0.25) is 5.43 Å². The first-order valence-electron chi connectivity index (χ1n) is 12.5. The third kappa shape index (κ3) is 5.82. The molecule has 3 aromatic carbocycles. The number of piperazine rings is 1. The van der Waals surface area contributed by atoms with E-state index in [1.54, 1.807) is 24.4 Å². The van der Waals surface area contributed by atoms with Crippen molar-refractivity contribution in [2.24, 2.45) is 0 Å². The number of amides is 2. The van der Waals surface area contributed by atoms with Crippen LogP contribution in [0.5, 0.6) is 0 Å². The maximum absolute atomic E-state index is 15.4. The number of likely N-dealkylation sites (N-methyl/N-ethyl adjacent to an activating group) is 1. The molecule has 7 nitrogen and oxygen atoms in total. The molecule has 2 heterocycles. The van der Waals surface area contributed by atoms with Crippen LogP contribution < -0.4 is 21.0 Å². The monoisotopic (exact) mass is 533 g/mol. The molecule has 0 aliphatic carbocycles. The Labute approximate surface area is 225 Å². The van der Waals surface area contributed by atoms with Gasteiger partial charge in [-0.15, -0.1) is 0 Å². The Balaban J connectivity index is 1.51. The van der Waals surface area contributed by atoms with Crippen molar-refractivity contribution >= 4 is 39.9 Å². The number of fused-ring (bicyclic) bond motifs is 1. The molecule has 0 bridgehead atoms. The zero-order valence-electron chi connectivity index (χ0n) is 21.1. The molecular weight excluding hydrogens is 505 g/mol. The average molecular weight is 534 g/mol. The van der Waals surface area contributed by atoms with Gasteiger partial charge in [-0.2, -0.15) is 0 Å². The third-order valence-corrected chi connectivity index (χ3v) is 7.05. The molecule has 0 saturated carbocycles. The number of urea groups is 1. The van der Waals surface area contributed by atoms with Crippen LogP contribution in [-0.4, -0.2) is 48.7 Å². The number of halogens is 2. The number of benzene rings is 3. The van der Waals surface area contributed by atoms with Crippen LogP contribution in [0, 0.1) is 5.82 Å².